The molecule has 2 rings (SSSR count). The van der Waals surface area contributed by atoms with E-state index >= 15 is 0 Å². The highest BCUT2D eigenvalue weighted by atomic mass is 19.4. The molecule has 2 N–H and O–H groups in total. The SMILES string of the molecule is CC(C)(C)OC(=O)NCc1cc(OCc2cccc(C(=O)O)c2)nc(C(F)(F)F)c1. The number of carboxylic acid groups (broad SMARTS) is 1. The van der Waals surface area contributed by atoms with E-state index in [-0.39, 0.29) is 30.2 Å². The van der Waals surface area contributed by atoms with Crippen molar-refractivity contribution in [3.05, 3.63) is 58.8 Å². The van der Waals surface area contributed by atoms with Crippen LogP contribution in [0.25, 0.3) is 0 Å². The first-order chi connectivity index (χ1) is 13.8. The number of nitrogens with zero attached hydrogens (tertiary/aromatic N) is 1. The van der Waals surface area contributed by atoms with Crippen LogP contribution < -0.4 is 10.1 Å². The number of alkyl carbamates (subject to hydrolysis) is 1. The monoisotopic (exact) mass is 426 g/mol. The normalized spacial score (nSPS) is 11.7. The van der Waals surface area contributed by atoms with Gasteiger partial charge >= 0.3 is 18.2 Å². The Morgan fingerprint density at radius 1 is 1.10 bits per heavy atom. The molecule has 0 aliphatic heterocycles. The fourth-order valence-corrected chi connectivity index (χ4v) is 2.32. The third-order valence-electron chi connectivity index (χ3n) is 3.55. The van der Waals surface area contributed by atoms with Crippen molar-refractivity contribution < 1.29 is 37.3 Å². The number of hydrogen-bond donors (Lipinski definition) is 2. The second-order valence-electron chi connectivity index (χ2n) is 7.35. The lowest BCUT2D eigenvalue weighted by atomic mass is 10.1. The van der Waals surface area contributed by atoms with Gasteiger partial charge in [-0.15, -0.1) is 0 Å². The summed E-state index contributed by atoms with van der Waals surface area (Å²) >= 11 is 0. The smallest absolute Gasteiger partial charge is 0.433 e. The fraction of sp³-hybridized carbons (Fsp3) is 0.350. The van der Waals surface area contributed by atoms with Crippen molar-refractivity contribution in [3.8, 4) is 5.88 Å². The maximum Gasteiger partial charge on any atom is 0.433 e. The van der Waals surface area contributed by atoms with Gasteiger partial charge in [0.1, 0.15) is 17.9 Å². The van der Waals surface area contributed by atoms with Gasteiger partial charge in [0, 0.05) is 12.6 Å². The van der Waals surface area contributed by atoms with E-state index in [9.17, 15) is 22.8 Å². The molecule has 7 nitrogen and oxygen atoms in total. The highest BCUT2D eigenvalue weighted by Crippen LogP contribution is 2.30. The Morgan fingerprint density at radius 3 is 2.40 bits per heavy atom. The Bertz CT molecular complexity index is 923. The Morgan fingerprint density at radius 2 is 1.80 bits per heavy atom. The van der Waals surface area contributed by atoms with Crippen molar-refractivity contribution in [2.24, 2.45) is 0 Å². The lowest BCUT2D eigenvalue weighted by Crippen LogP contribution is -2.32. The molecule has 1 amide bonds. The number of benzene rings is 1. The third kappa shape index (κ3) is 7.26. The van der Waals surface area contributed by atoms with Crippen LogP contribution in [0.4, 0.5) is 18.0 Å². The lowest BCUT2D eigenvalue weighted by molar-refractivity contribution is -0.141. The van der Waals surface area contributed by atoms with Crippen LogP contribution in [0.2, 0.25) is 0 Å². The number of halogens is 3. The highest BCUT2D eigenvalue weighted by molar-refractivity contribution is 5.87. The second-order valence-corrected chi connectivity index (χ2v) is 7.35. The molecule has 0 unspecified atom stereocenters. The lowest BCUT2D eigenvalue weighted by Gasteiger charge is -2.20. The van der Waals surface area contributed by atoms with Gasteiger partial charge in [-0.2, -0.15) is 13.2 Å². The number of aromatic nitrogens is 1. The first kappa shape index (κ1) is 23.0. The molecule has 10 heteroatoms. The van der Waals surface area contributed by atoms with Crippen LogP contribution in [-0.4, -0.2) is 27.8 Å². The summed E-state index contributed by atoms with van der Waals surface area (Å²) in [5.74, 6) is -1.45. The molecule has 1 aromatic heterocycles. The van der Waals surface area contributed by atoms with Gasteiger partial charge in [-0.05, 0) is 50.1 Å². The largest absolute Gasteiger partial charge is 0.478 e. The molecule has 0 radical (unpaired) electrons. The highest BCUT2D eigenvalue weighted by Gasteiger charge is 2.33. The van der Waals surface area contributed by atoms with Crippen molar-refractivity contribution >= 4 is 12.1 Å². The molecule has 0 saturated carbocycles. The first-order valence-corrected chi connectivity index (χ1v) is 8.83. The summed E-state index contributed by atoms with van der Waals surface area (Å²) in [4.78, 5) is 26.2. The summed E-state index contributed by atoms with van der Waals surface area (Å²) in [5.41, 5.74) is -1.35. The number of hydrogen-bond acceptors (Lipinski definition) is 5. The van der Waals surface area contributed by atoms with Gasteiger partial charge in [0.2, 0.25) is 5.88 Å². The van der Waals surface area contributed by atoms with Crippen LogP contribution in [0.15, 0.2) is 36.4 Å². The first-order valence-electron chi connectivity index (χ1n) is 8.83. The minimum Gasteiger partial charge on any atom is -0.478 e. The summed E-state index contributed by atoms with van der Waals surface area (Å²) in [6.07, 6.45) is -5.50. The standard InChI is InChI=1S/C20H21F3N2O5/c1-19(2,3)30-18(28)24-10-13-8-15(20(21,22)23)25-16(9-13)29-11-12-5-4-6-14(7-12)17(26)27/h4-9H,10-11H2,1-3H3,(H,24,28)(H,26,27). The summed E-state index contributed by atoms with van der Waals surface area (Å²) in [7, 11) is 0. The zero-order valence-electron chi connectivity index (χ0n) is 16.5. The van der Waals surface area contributed by atoms with E-state index in [0.29, 0.717) is 5.56 Å². The molecule has 0 atom stereocenters. The second kappa shape index (κ2) is 9.02. The van der Waals surface area contributed by atoms with Crippen LogP contribution in [0.1, 0.15) is 48.0 Å². The number of aromatic carboxylic acids is 1. The molecular formula is C20H21F3N2O5. The number of rotatable bonds is 6. The third-order valence-corrected chi connectivity index (χ3v) is 3.55. The molecule has 0 spiro atoms. The summed E-state index contributed by atoms with van der Waals surface area (Å²) in [6, 6.07) is 7.86. The van der Waals surface area contributed by atoms with Crippen LogP contribution in [0.3, 0.4) is 0 Å². The zero-order valence-corrected chi connectivity index (χ0v) is 16.5. The van der Waals surface area contributed by atoms with Gasteiger partial charge < -0.3 is 19.9 Å². The van der Waals surface area contributed by atoms with Crippen molar-refractivity contribution in [2.75, 3.05) is 0 Å². The molecule has 1 aromatic carbocycles. The van der Waals surface area contributed by atoms with E-state index < -0.39 is 29.5 Å². The minimum absolute atomic E-state index is 0.0235. The van der Waals surface area contributed by atoms with Gasteiger partial charge in [0.15, 0.2) is 0 Å². The maximum absolute atomic E-state index is 13.2. The van der Waals surface area contributed by atoms with Crippen molar-refractivity contribution in [1.82, 2.24) is 10.3 Å². The van der Waals surface area contributed by atoms with E-state index in [4.69, 9.17) is 14.6 Å². The maximum atomic E-state index is 13.2. The van der Waals surface area contributed by atoms with Crippen molar-refractivity contribution in [1.29, 1.82) is 0 Å². The quantitative estimate of drug-likeness (QED) is 0.711. The van der Waals surface area contributed by atoms with Gasteiger partial charge in [-0.1, -0.05) is 12.1 Å². The molecule has 0 aliphatic rings. The number of carbonyl (C=O) groups excluding carboxylic acids is 1. The Labute approximate surface area is 170 Å². The van der Waals surface area contributed by atoms with E-state index in [1.807, 2.05) is 0 Å². The van der Waals surface area contributed by atoms with Gasteiger partial charge in [-0.3, -0.25) is 0 Å². The molecule has 1 heterocycles. The predicted molar refractivity (Wildman–Crippen MR) is 100 cm³/mol. The number of carbonyl (C=O) groups is 2. The van der Waals surface area contributed by atoms with Crippen molar-refractivity contribution in [2.45, 2.75) is 45.7 Å². The Kier molecular flexibility index (Phi) is 6.91. The molecule has 0 fully saturated rings. The van der Waals surface area contributed by atoms with Crippen LogP contribution >= 0.6 is 0 Å². The zero-order chi connectivity index (χ0) is 22.5. The number of amides is 1. The van der Waals surface area contributed by atoms with Crippen molar-refractivity contribution in [3.63, 3.8) is 0 Å². The van der Waals surface area contributed by atoms with Gasteiger partial charge in [0.25, 0.3) is 0 Å². The Balaban J connectivity index is 2.16. The number of nitrogens with one attached hydrogen (secondary N) is 1. The van der Waals surface area contributed by atoms with Crippen LogP contribution in [0, 0.1) is 0 Å². The summed E-state index contributed by atoms with van der Waals surface area (Å²) < 4.78 is 49.9. The average molecular weight is 426 g/mol. The molecule has 0 aliphatic carbocycles. The predicted octanol–water partition coefficient (Wildman–Crippen LogP) is 4.40. The molecular weight excluding hydrogens is 405 g/mol. The van der Waals surface area contributed by atoms with Gasteiger partial charge in [-0.25, -0.2) is 14.6 Å². The number of alkyl halides is 3. The Hall–Kier alpha value is -3.30. The van der Waals surface area contributed by atoms with Gasteiger partial charge in [0.05, 0.1) is 5.56 Å². The number of ether oxygens (including phenoxy) is 2. The molecule has 30 heavy (non-hydrogen) atoms. The van der Waals surface area contributed by atoms with E-state index in [0.717, 1.165) is 6.07 Å². The van der Waals surface area contributed by atoms with E-state index in [1.54, 1.807) is 26.8 Å². The average Bonchev–Trinajstić information content (AvgIpc) is 2.63. The number of pyridine rings is 1. The van der Waals surface area contributed by atoms with E-state index in [1.165, 1.54) is 24.3 Å². The topological polar surface area (TPSA) is 97.8 Å². The molecule has 162 valence electrons. The molecule has 2 aromatic rings. The number of carboxylic acids is 1. The van der Waals surface area contributed by atoms with E-state index in [2.05, 4.69) is 10.3 Å². The summed E-state index contributed by atoms with van der Waals surface area (Å²) in [5, 5.41) is 11.4. The van der Waals surface area contributed by atoms with Crippen LogP contribution in [-0.2, 0) is 24.1 Å². The van der Waals surface area contributed by atoms with Crippen LogP contribution in [0.5, 0.6) is 5.88 Å². The summed E-state index contributed by atoms with van der Waals surface area (Å²) in [6.45, 7) is 4.56. The fourth-order valence-electron chi connectivity index (χ4n) is 2.32. The molecule has 0 bridgehead atoms. The molecule has 0 saturated heterocycles. The minimum atomic E-state index is -4.72.